The van der Waals surface area contributed by atoms with Crippen LogP contribution < -0.4 is 5.19 Å². The molecule has 190 valence electrons. The van der Waals surface area contributed by atoms with Crippen LogP contribution in [0.2, 0.25) is 5.54 Å². The summed E-state index contributed by atoms with van der Waals surface area (Å²) in [5, 5.41) is 1.44. The van der Waals surface area contributed by atoms with E-state index < -0.39 is 0 Å². The maximum Gasteiger partial charge on any atom is 0.0852 e. The van der Waals surface area contributed by atoms with Crippen molar-refractivity contribution in [2.45, 2.75) is 56.9 Å². The maximum absolute atomic E-state index is 6.27. The Kier molecular flexibility index (Phi) is 10.4. The molecule has 4 rings (SSSR count). The van der Waals surface area contributed by atoms with Crippen LogP contribution in [0.15, 0.2) is 91.0 Å². The van der Waals surface area contributed by atoms with Crippen LogP contribution in [-0.2, 0) is 9.47 Å². The van der Waals surface area contributed by atoms with Crippen LogP contribution in [0, 0.1) is 11.3 Å². The summed E-state index contributed by atoms with van der Waals surface area (Å²) < 4.78 is 12.3. The van der Waals surface area contributed by atoms with Gasteiger partial charge in [0.2, 0.25) is 0 Å². The van der Waals surface area contributed by atoms with Gasteiger partial charge in [-0.1, -0.05) is 115 Å². The van der Waals surface area contributed by atoms with Crippen molar-refractivity contribution in [2.24, 2.45) is 11.3 Å². The summed E-state index contributed by atoms with van der Waals surface area (Å²) in [4.78, 5) is 0. The molecule has 0 aromatic heterocycles. The molecular weight excluding hydrogens is 456 g/mol. The minimum absolute atomic E-state index is 0.0272. The first-order chi connectivity index (χ1) is 17.8. The first-order valence-corrected chi connectivity index (χ1v) is 14.8. The van der Waals surface area contributed by atoms with Crippen molar-refractivity contribution >= 4 is 14.7 Å². The highest BCUT2D eigenvalue weighted by Gasteiger charge is 2.43. The summed E-state index contributed by atoms with van der Waals surface area (Å²) in [6.07, 6.45) is 7.70. The van der Waals surface area contributed by atoms with Crippen molar-refractivity contribution in [3.63, 3.8) is 0 Å². The van der Waals surface area contributed by atoms with Gasteiger partial charge < -0.3 is 9.47 Å². The molecule has 2 nitrogen and oxygen atoms in total. The summed E-state index contributed by atoms with van der Waals surface area (Å²) >= 11 is 0. The monoisotopic (exact) mass is 498 g/mol. The standard InChI is InChI=1S/C33H42O2Si/c1-3-35-26-33(25-34-2,29-20-12-6-13-21-29)24-31(36-30-22-14-7-15-23-30)32(27-16-8-4-9-17-27)28-18-10-5-11-19-28/h4-5,7-11,14-19,22-23,29,31-32H,3,6,12-13,20-21,24-26H2,1-2H3. The maximum atomic E-state index is 6.27. The minimum Gasteiger partial charge on any atom is -0.384 e. The summed E-state index contributed by atoms with van der Waals surface area (Å²) in [6, 6.07) is 33.4. The average molecular weight is 499 g/mol. The molecule has 1 fully saturated rings. The van der Waals surface area contributed by atoms with Crippen LogP contribution in [0.4, 0.5) is 0 Å². The van der Waals surface area contributed by atoms with Gasteiger partial charge >= 0.3 is 0 Å². The van der Waals surface area contributed by atoms with Gasteiger partial charge in [-0.2, -0.15) is 0 Å². The number of methoxy groups -OCH3 is 1. The molecule has 3 aromatic carbocycles. The van der Waals surface area contributed by atoms with Crippen LogP contribution in [-0.4, -0.2) is 36.5 Å². The van der Waals surface area contributed by atoms with E-state index in [-0.39, 0.29) is 5.41 Å². The Bertz CT molecular complexity index is 948. The van der Waals surface area contributed by atoms with Gasteiger partial charge in [-0.05, 0) is 48.8 Å². The van der Waals surface area contributed by atoms with Gasteiger partial charge in [0.05, 0.1) is 22.7 Å². The molecule has 1 aliphatic rings. The van der Waals surface area contributed by atoms with Gasteiger partial charge in [0, 0.05) is 25.0 Å². The number of hydrogen-bond donors (Lipinski definition) is 0. The first-order valence-electron chi connectivity index (χ1n) is 13.7. The number of ether oxygens (including phenoxy) is 2. The third-order valence-corrected chi connectivity index (χ3v) is 9.54. The SMILES string of the molecule is CCOCC(COC)(CC([Si]c1ccccc1)C(c1ccccc1)c1ccccc1)C1CCCCC1. The van der Waals surface area contributed by atoms with Crippen LogP contribution in [0.5, 0.6) is 0 Å². The Balaban J connectivity index is 1.79. The fourth-order valence-electron chi connectivity index (χ4n) is 6.29. The number of benzene rings is 3. The molecule has 36 heavy (non-hydrogen) atoms. The van der Waals surface area contributed by atoms with Crippen LogP contribution in [0.25, 0.3) is 0 Å². The van der Waals surface area contributed by atoms with Gasteiger partial charge in [0.25, 0.3) is 0 Å². The lowest BCUT2D eigenvalue weighted by atomic mass is 9.65. The lowest BCUT2D eigenvalue weighted by molar-refractivity contribution is -0.0577. The van der Waals surface area contributed by atoms with Crippen molar-refractivity contribution < 1.29 is 9.47 Å². The molecule has 1 aliphatic carbocycles. The van der Waals surface area contributed by atoms with E-state index in [0.717, 1.165) is 26.2 Å². The number of hydrogen-bond acceptors (Lipinski definition) is 2. The number of rotatable bonds is 13. The molecule has 2 atom stereocenters. The Morgan fingerprint density at radius 2 is 1.33 bits per heavy atom. The lowest BCUT2D eigenvalue weighted by Crippen LogP contribution is -2.43. The molecule has 3 aromatic rings. The Hall–Kier alpha value is -2.20. The summed E-state index contributed by atoms with van der Waals surface area (Å²) in [6.45, 7) is 4.43. The molecule has 0 aliphatic heterocycles. The summed E-state index contributed by atoms with van der Waals surface area (Å²) in [7, 11) is 2.59. The normalized spacial score (nSPS) is 17.1. The van der Waals surface area contributed by atoms with Gasteiger partial charge in [-0.25, -0.2) is 0 Å². The Morgan fingerprint density at radius 1 is 0.778 bits per heavy atom. The van der Waals surface area contributed by atoms with E-state index in [1.807, 2.05) is 7.11 Å². The van der Waals surface area contributed by atoms with E-state index >= 15 is 0 Å². The highest BCUT2D eigenvalue weighted by atomic mass is 28.2. The van der Waals surface area contributed by atoms with Crippen molar-refractivity contribution in [1.82, 2.24) is 0 Å². The molecule has 0 saturated heterocycles. The largest absolute Gasteiger partial charge is 0.384 e. The van der Waals surface area contributed by atoms with E-state index in [0.29, 0.717) is 26.9 Å². The zero-order chi connectivity index (χ0) is 25.1. The van der Waals surface area contributed by atoms with Crippen molar-refractivity contribution in [3.8, 4) is 0 Å². The van der Waals surface area contributed by atoms with Gasteiger partial charge in [0.15, 0.2) is 0 Å². The Morgan fingerprint density at radius 3 is 1.86 bits per heavy atom. The minimum atomic E-state index is 0.0272. The molecule has 2 radical (unpaired) electrons. The molecule has 0 spiro atoms. The smallest absolute Gasteiger partial charge is 0.0852 e. The molecule has 0 heterocycles. The van der Waals surface area contributed by atoms with Gasteiger partial charge in [-0.15, -0.1) is 0 Å². The molecular formula is C33H42O2Si. The third-order valence-electron chi connectivity index (χ3n) is 7.97. The zero-order valence-electron chi connectivity index (χ0n) is 22.1. The van der Waals surface area contributed by atoms with E-state index in [1.165, 1.54) is 48.4 Å². The van der Waals surface area contributed by atoms with Crippen LogP contribution in [0.1, 0.15) is 62.5 Å². The van der Waals surface area contributed by atoms with E-state index in [1.54, 1.807) is 0 Å². The fourth-order valence-corrected chi connectivity index (χ4v) is 8.16. The second kappa shape index (κ2) is 13.9. The molecule has 0 N–H and O–H groups in total. The second-order valence-electron chi connectivity index (χ2n) is 10.4. The van der Waals surface area contributed by atoms with Crippen LogP contribution in [0.3, 0.4) is 0 Å². The van der Waals surface area contributed by atoms with Gasteiger partial charge in [0.1, 0.15) is 0 Å². The molecule has 2 unspecified atom stereocenters. The highest BCUT2D eigenvalue weighted by molar-refractivity contribution is 6.55. The summed E-state index contributed by atoms with van der Waals surface area (Å²) in [5.74, 6) is 0.973. The highest BCUT2D eigenvalue weighted by Crippen LogP contribution is 2.49. The van der Waals surface area contributed by atoms with Crippen LogP contribution >= 0.6 is 0 Å². The fraction of sp³-hybridized carbons (Fsp3) is 0.455. The zero-order valence-corrected chi connectivity index (χ0v) is 23.1. The van der Waals surface area contributed by atoms with E-state index in [9.17, 15) is 0 Å². The third kappa shape index (κ3) is 6.97. The Labute approximate surface area is 221 Å². The predicted octanol–water partition coefficient (Wildman–Crippen LogP) is 7.28. The molecule has 1 saturated carbocycles. The molecule has 3 heteroatoms. The molecule has 0 bridgehead atoms. The lowest BCUT2D eigenvalue weighted by Gasteiger charge is -2.45. The topological polar surface area (TPSA) is 18.5 Å². The van der Waals surface area contributed by atoms with Gasteiger partial charge in [-0.3, -0.25) is 0 Å². The predicted molar refractivity (Wildman–Crippen MR) is 152 cm³/mol. The van der Waals surface area contributed by atoms with Crippen molar-refractivity contribution in [2.75, 3.05) is 26.9 Å². The second-order valence-corrected chi connectivity index (χ2v) is 12.0. The summed E-state index contributed by atoms with van der Waals surface area (Å²) in [5.41, 5.74) is 3.29. The van der Waals surface area contributed by atoms with Crippen molar-refractivity contribution in [3.05, 3.63) is 102 Å². The first kappa shape index (κ1) is 26.8. The molecule has 0 amide bonds. The quantitative estimate of drug-likeness (QED) is 0.231. The van der Waals surface area contributed by atoms with Crippen molar-refractivity contribution in [1.29, 1.82) is 0 Å². The van der Waals surface area contributed by atoms with E-state index in [4.69, 9.17) is 9.47 Å². The van der Waals surface area contributed by atoms with E-state index in [2.05, 4.69) is 97.9 Å². The average Bonchev–Trinajstić information content (AvgIpc) is 2.94.